The molecular formula is C20H13ClN4O5S3. The average molecular weight is 521 g/mol. The van der Waals surface area contributed by atoms with Crippen molar-refractivity contribution in [2.45, 2.75) is 4.90 Å². The number of anilines is 2. The fraction of sp³-hybridized carbons (Fsp3) is 0. The van der Waals surface area contributed by atoms with Gasteiger partial charge < -0.3 is 5.32 Å². The second kappa shape index (κ2) is 9.27. The molecule has 0 aliphatic heterocycles. The number of carbonyl (C=O) groups excluding carboxylic acids is 1. The second-order valence-electron chi connectivity index (χ2n) is 6.52. The molecule has 2 aromatic carbocycles. The summed E-state index contributed by atoms with van der Waals surface area (Å²) < 4.78 is 28.5. The lowest BCUT2D eigenvalue weighted by atomic mass is 10.3. The number of benzene rings is 2. The highest BCUT2D eigenvalue weighted by Gasteiger charge is 2.17. The van der Waals surface area contributed by atoms with Crippen molar-refractivity contribution >= 4 is 82.3 Å². The van der Waals surface area contributed by atoms with E-state index in [1.807, 2.05) is 0 Å². The van der Waals surface area contributed by atoms with Crippen LogP contribution in [0.15, 0.2) is 65.6 Å². The first-order chi connectivity index (χ1) is 15.7. The number of carbonyl (C=O) groups is 1. The molecule has 0 saturated heterocycles. The number of rotatable bonds is 7. The first kappa shape index (κ1) is 22.9. The molecule has 0 fully saturated rings. The molecule has 0 saturated carbocycles. The van der Waals surface area contributed by atoms with Crippen molar-refractivity contribution < 1.29 is 18.1 Å². The monoisotopic (exact) mass is 520 g/mol. The van der Waals surface area contributed by atoms with Gasteiger partial charge in [0.05, 0.1) is 20.0 Å². The van der Waals surface area contributed by atoms with E-state index >= 15 is 0 Å². The molecule has 0 aliphatic rings. The highest BCUT2D eigenvalue weighted by Crippen LogP contribution is 2.30. The molecule has 13 heteroatoms. The molecule has 4 aromatic rings. The summed E-state index contributed by atoms with van der Waals surface area (Å²) in [6.07, 6.45) is 2.70. The first-order valence-corrected chi connectivity index (χ1v) is 12.6. The quantitative estimate of drug-likeness (QED) is 0.191. The van der Waals surface area contributed by atoms with Crippen LogP contribution >= 0.6 is 34.3 Å². The van der Waals surface area contributed by atoms with Gasteiger partial charge in [-0.1, -0.05) is 34.3 Å². The van der Waals surface area contributed by atoms with Gasteiger partial charge in [0.2, 0.25) is 5.91 Å². The van der Waals surface area contributed by atoms with Crippen LogP contribution in [0.2, 0.25) is 5.02 Å². The van der Waals surface area contributed by atoms with E-state index < -0.39 is 20.9 Å². The van der Waals surface area contributed by atoms with Crippen molar-refractivity contribution in [2.75, 3.05) is 10.0 Å². The summed E-state index contributed by atoms with van der Waals surface area (Å²) in [6.45, 7) is 0. The second-order valence-corrected chi connectivity index (χ2v) is 10.8. The topological polar surface area (TPSA) is 131 Å². The highest BCUT2D eigenvalue weighted by molar-refractivity contribution is 7.93. The van der Waals surface area contributed by atoms with E-state index in [-0.39, 0.29) is 15.0 Å². The lowest BCUT2D eigenvalue weighted by Gasteiger charge is -2.07. The van der Waals surface area contributed by atoms with E-state index in [9.17, 15) is 23.3 Å². The minimum Gasteiger partial charge on any atom is -0.323 e. The van der Waals surface area contributed by atoms with Crippen molar-refractivity contribution in [3.8, 4) is 0 Å². The number of hydrogen-bond donors (Lipinski definition) is 2. The molecule has 0 spiro atoms. The smallest absolute Gasteiger partial charge is 0.323 e. The number of thiophene rings is 1. The van der Waals surface area contributed by atoms with Crippen LogP contribution < -0.4 is 10.0 Å². The van der Waals surface area contributed by atoms with Crippen molar-refractivity contribution in [1.82, 2.24) is 4.98 Å². The van der Waals surface area contributed by atoms with Crippen LogP contribution in [-0.2, 0) is 14.8 Å². The molecule has 33 heavy (non-hydrogen) atoms. The molecule has 0 aliphatic carbocycles. The lowest BCUT2D eigenvalue weighted by Crippen LogP contribution is -2.13. The Labute approximate surface area is 200 Å². The maximum atomic E-state index is 12.7. The normalized spacial score (nSPS) is 11.7. The molecule has 168 valence electrons. The summed E-state index contributed by atoms with van der Waals surface area (Å²) in [4.78, 5) is 27.1. The highest BCUT2D eigenvalue weighted by atomic mass is 35.5. The zero-order valence-electron chi connectivity index (χ0n) is 16.4. The summed E-state index contributed by atoms with van der Waals surface area (Å²) in [6, 6.07) is 13.6. The zero-order chi connectivity index (χ0) is 23.6. The number of nitro groups is 1. The molecule has 9 nitrogen and oxygen atoms in total. The van der Waals surface area contributed by atoms with Gasteiger partial charge in [0.15, 0.2) is 5.13 Å². The van der Waals surface area contributed by atoms with Crippen molar-refractivity contribution in [1.29, 1.82) is 0 Å². The molecule has 1 amide bonds. The summed E-state index contributed by atoms with van der Waals surface area (Å²) in [7, 11) is -3.88. The number of sulfonamides is 1. The minimum absolute atomic E-state index is 0.000718. The number of nitrogens with zero attached hydrogens (tertiary/aromatic N) is 2. The van der Waals surface area contributed by atoms with Gasteiger partial charge in [-0.25, -0.2) is 13.4 Å². The maximum Gasteiger partial charge on any atom is 0.324 e. The van der Waals surface area contributed by atoms with Gasteiger partial charge in [0.1, 0.15) is 0 Å². The summed E-state index contributed by atoms with van der Waals surface area (Å²) in [5, 5.41) is 14.0. The van der Waals surface area contributed by atoms with Crippen LogP contribution in [0, 0.1) is 10.1 Å². The Bertz CT molecular complexity index is 1490. The summed E-state index contributed by atoms with van der Waals surface area (Å²) >= 11 is 8.06. The van der Waals surface area contributed by atoms with Gasteiger partial charge in [-0.15, -0.1) is 0 Å². The number of thiazole rings is 1. The number of nitrogens with one attached hydrogen (secondary N) is 2. The maximum absolute atomic E-state index is 12.7. The summed E-state index contributed by atoms with van der Waals surface area (Å²) in [5.41, 5.74) is 1.01. The van der Waals surface area contributed by atoms with E-state index in [4.69, 9.17) is 11.6 Å². The molecule has 0 atom stereocenters. The lowest BCUT2D eigenvalue weighted by molar-refractivity contribution is -0.380. The Kier molecular flexibility index (Phi) is 6.42. The van der Waals surface area contributed by atoms with Gasteiger partial charge in [-0.3, -0.25) is 19.6 Å². The number of halogens is 1. The van der Waals surface area contributed by atoms with Crippen LogP contribution in [0.3, 0.4) is 0 Å². The van der Waals surface area contributed by atoms with Crippen molar-refractivity contribution in [3.63, 3.8) is 0 Å². The largest absolute Gasteiger partial charge is 0.324 e. The third-order valence-electron chi connectivity index (χ3n) is 4.20. The van der Waals surface area contributed by atoms with E-state index in [2.05, 4.69) is 15.0 Å². The Morgan fingerprint density at radius 3 is 2.55 bits per heavy atom. The van der Waals surface area contributed by atoms with Gasteiger partial charge in [0, 0.05) is 27.7 Å². The number of fused-ring (bicyclic) bond motifs is 1. The third-order valence-corrected chi connectivity index (χ3v) is 7.85. The summed E-state index contributed by atoms with van der Waals surface area (Å²) in [5.74, 6) is -0.465. The molecule has 0 radical (unpaired) electrons. The number of aromatic nitrogens is 1. The van der Waals surface area contributed by atoms with Crippen LogP contribution in [0.1, 0.15) is 4.88 Å². The first-order valence-electron chi connectivity index (χ1n) is 9.12. The number of hydrogen-bond acceptors (Lipinski definition) is 8. The molecule has 4 rings (SSSR count). The van der Waals surface area contributed by atoms with Crippen LogP contribution in [0.5, 0.6) is 0 Å². The standard InChI is InChI=1S/C20H13ClN4O5S3/c21-12-1-8-16-17(11-12)32-20(23-16)24-33(29,30)15-6-2-13(3-7-15)22-18(26)9-4-14-5-10-19(31-14)25(27)28/h1-11H,(H,22,26)(H,23,24)/b9-4+. The molecule has 0 bridgehead atoms. The van der Waals surface area contributed by atoms with E-state index in [1.54, 1.807) is 24.3 Å². The Hall–Kier alpha value is -3.32. The SMILES string of the molecule is O=C(/C=C/c1ccc([N+](=O)[O-])s1)Nc1ccc(S(=O)(=O)Nc2nc3ccc(Cl)cc3s2)cc1. The molecule has 2 heterocycles. The van der Waals surface area contributed by atoms with E-state index in [0.717, 1.165) is 27.4 Å². The molecule has 0 unspecified atom stereocenters. The molecule has 2 aromatic heterocycles. The Morgan fingerprint density at radius 1 is 1.09 bits per heavy atom. The van der Waals surface area contributed by atoms with E-state index in [1.165, 1.54) is 42.5 Å². The molecule has 2 N–H and O–H groups in total. The van der Waals surface area contributed by atoms with Crippen LogP contribution in [0.25, 0.3) is 16.3 Å². The Morgan fingerprint density at radius 2 is 1.85 bits per heavy atom. The van der Waals surface area contributed by atoms with E-state index in [0.29, 0.717) is 21.1 Å². The Balaban J connectivity index is 1.41. The fourth-order valence-corrected chi connectivity index (χ4v) is 5.81. The predicted octanol–water partition coefficient (Wildman–Crippen LogP) is 5.37. The van der Waals surface area contributed by atoms with Crippen LogP contribution in [-0.4, -0.2) is 24.2 Å². The fourth-order valence-electron chi connectivity index (χ4n) is 2.71. The van der Waals surface area contributed by atoms with Crippen molar-refractivity contribution in [3.05, 3.63) is 80.7 Å². The van der Waals surface area contributed by atoms with Gasteiger partial charge in [-0.2, -0.15) is 0 Å². The zero-order valence-corrected chi connectivity index (χ0v) is 19.6. The predicted molar refractivity (Wildman–Crippen MR) is 131 cm³/mol. The van der Waals surface area contributed by atoms with Crippen molar-refractivity contribution in [2.24, 2.45) is 0 Å². The minimum atomic E-state index is -3.88. The number of amides is 1. The third kappa shape index (κ3) is 5.54. The molecular weight excluding hydrogens is 508 g/mol. The van der Waals surface area contributed by atoms with Crippen LogP contribution in [0.4, 0.5) is 15.8 Å². The van der Waals surface area contributed by atoms with Gasteiger partial charge in [0.25, 0.3) is 10.0 Å². The average Bonchev–Trinajstić information content (AvgIpc) is 3.38. The van der Waals surface area contributed by atoms with Gasteiger partial charge >= 0.3 is 5.00 Å². The van der Waals surface area contributed by atoms with Gasteiger partial charge in [-0.05, 0) is 54.6 Å².